The van der Waals surface area contributed by atoms with Crippen molar-refractivity contribution in [1.29, 1.82) is 5.26 Å². The molecule has 0 aliphatic rings. The van der Waals surface area contributed by atoms with Crippen molar-refractivity contribution in [3.05, 3.63) is 51.2 Å². The molecule has 0 N–H and O–H groups in total. The summed E-state index contributed by atoms with van der Waals surface area (Å²) in [5.41, 5.74) is 2.71. The lowest BCUT2D eigenvalue weighted by atomic mass is 10.1. The van der Waals surface area contributed by atoms with Crippen molar-refractivity contribution in [3.63, 3.8) is 0 Å². The average molecular weight is 243 g/mol. The smallest absolute Gasteiger partial charge is 0.125 e. The van der Waals surface area contributed by atoms with Gasteiger partial charge in [-0.05, 0) is 48.6 Å². The molecule has 2 nitrogen and oxygen atoms in total. The van der Waals surface area contributed by atoms with Crippen molar-refractivity contribution in [2.45, 2.75) is 20.5 Å². The fraction of sp³-hybridized carbons (Fsp3) is 0.214. The van der Waals surface area contributed by atoms with Gasteiger partial charge in [0.2, 0.25) is 0 Å². The highest BCUT2D eigenvalue weighted by molar-refractivity contribution is 7.09. The summed E-state index contributed by atoms with van der Waals surface area (Å²) in [6, 6.07) is 9.94. The molecule has 0 amide bonds. The molecule has 1 aromatic heterocycles. The molecule has 0 fully saturated rings. The number of ether oxygens (including phenoxy) is 1. The normalized spacial score (nSPS) is 9.94. The minimum Gasteiger partial charge on any atom is -0.488 e. The van der Waals surface area contributed by atoms with Gasteiger partial charge >= 0.3 is 0 Å². The van der Waals surface area contributed by atoms with Crippen molar-refractivity contribution in [3.8, 4) is 11.8 Å². The van der Waals surface area contributed by atoms with Crippen LogP contribution in [0.2, 0.25) is 0 Å². The molecule has 0 bridgehead atoms. The van der Waals surface area contributed by atoms with E-state index in [2.05, 4.69) is 12.1 Å². The van der Waals surface area contributed by atoms with Gasteiger partial charge < -0.3 is 4.74 Å². The summed E-state index contributed by atoms with van der Waals surface area (Å²) >= 11 is 1.68. The van der Waals surface area contributed by atoms with Gasteiger partial charge in [-0.15, -0.1) is 11.3 Å². The lowest BCUT2D eigenvalue weighted by Crippen LogP contribution is -1.98. The maximum atomic E-state index is 8.87. The Bertz CT molecular complexity index is 529. The van der Waals surface area contributed by atoms with E-state index in [1.807, 2.05) is 37.4 Å². The van der Waals surface area contributed by atoms with Crippen LogP contribution in [0.25, 0.3) is 0 Å². The Morgan fingerprint density at radius 1 is 1.29 bits per heavy atom. The maximum Gasteiger partial charge on any atom is 0.125 e. The van der Waals surface area contributed by atoms with E-state index in [4.69, 9.17) is 10.00 Å². The lowest BCUT2D eigenvalue weighted by Gasteiger charge is -2.11. The second kappa shape index (κ2) is 5.03. The molecule has 0 radical (unpaired) electrons. The van der Waals surface area contributed by atoms with E-state index in [0.29, 0.717) is 12.2 Å². The highest BCUT2D eigenvalue weighted by atomic mass is 32.1. The molecular formula is C14H13NOS. The molecule has 2 aromatic rings. The molecule has 0 aliphatic carbocycles. The highest BCUT2D eigenvalue weighted by Gasteiger charge is 2.06. The first kappa shape index (κ1) is 11.7. The van der Waals surface area contributed by atoms with E-state index < -0.39 is 0 Å². The van der Waals surface area contributed by atoms with Crippen molar-refractivity contribution in [1.82, 2.24) is 0 Å². The quantitative estimate of drug-likeness (QED) is 0.821. The monoisotopic (exact) mass is 243 g/mol. The van der Waals surface area contributed by atoms with Gasteiger partial charge in [0.1, 0.15) is 12.4 Å². The summed E-state index contributed by atoms with van der Waals surface area (Å²) < 4.78 is 5.81. The molecular weight excluding hydrogens is 230 g/mol. The van der Waals surface area contributed by atoms with E-state index in [1.54, 1.807) is 11.3 Å². The van der Waals surface area contributed by atoms with Crippen molar-refractivity contribution < 1.29 is 4.74 Å². The van der Waals surface area contributed by atoms with Crippen molar-refractivity contribution in [2.24, 2.45) is 0 Å². The zero-order chi connectivity index (χ0) is 12.3. The summed E-state index contributed by atoms with van der Waals surface area (Å²) in [4.78, 5) is 1.20. The van der Waals surface area contributed by atoms with Crippen LogP contribution in [0, 0.1) is 25.2 Å². The van der Waals surface area contributed by atoms with Crippen LogP contribution in [0.15, 0.2) is 29.6 Å². The second-order valence-electron chi connectivity index (χ2n) is 3.92. The third-order valence-corrected chi connectivity index (χ3v) is 3.38. The van der Waals surface area contributed by atoms with E-state index in [-0.39, 0.29) is 0 Å². The number of thiophene rings is 1. The van der Waals surface area contributed by atoms with Gasteiger partial charge in [-0.1, -0.05) is 6.07 Å². The number of nitrogens with zero attached hydrogens (tertiary/aromatic N) is 1. The fourth-order valence-electron chi connectivity index (χ4n) is 1.78. The largest absolute Gasteiger partial charge is 0.488 e. The first-order chi connectivity index (χ1) is 8.20. The third-order valence-electron chi connectivity index (χ3n) is 2.53. The van der Waals surface area contributed by atoms with Crippen LogP contribution in [0.1, 0.15) is 21.6 Å². The summed E-state index contributed by atoms with van der Waals surface area (Å²) in [6.45, 7) is 4.53. The van der Waals surface area contributed by atoms with Gasteiger partial charge in [-0.2, -0.15) is 5.26 Å². The van der Waals surface area contributed by atoms with Crippen LogP contribution >= 0.6 is 11.3 Å². The molecule has 0 atom stereocenters. The number of hydrogen-bond donors (Lipinski definition) is 0. The standard InChI is InChI=1S/C14H13NOS/c1-10-6-12(8-15)7-11(2)14(10)16-9-13-4-3-5-17-13/h3-7H,9H2,1-2H3. The summed E-state index contributed by atoms with van der Waals surface area (Å²) in [7, 11) is 0. The average Bonchev–Trinajstić information content (AvgIpc) is 2.80. The molecule has 2 rings (SSSR count). The fourth-order valence-corrected chi connectivity index (χ4v) is 2.40. The van der Waals surface area contributed by atoms with Gasteiger partial charge in [0.15, 0.2) is 0 Å². The molecule has 1 aromatic carbocycles. The molecule has 0 saturated heterocycles. The molecule has 3 heteroatoms. The van der Waals surface area contributed by atoms with Crippen LogP contribution in [0.4, 0.5) is 0 Å². The predicted octanol–water partition coefficient (Wildman–Crippen LogP) is 3.82. The highest BCUT2D eigenvalue weighted by Crippen LogP contribution is 2.26. The number of benzene rings is 1. The van der Waals surface area contributed by atoms with Crippen LogP contribution in [-0.2, 0) is 6.61 Å². The Labute approximate surface area is 105 Å². The summed E-state index contributed by atoms with van der Waals surface area (Å²) in [5.74, 6) is 0.886. The number of nitriles is 1. The van der Waals surface area contributed by atoms with Crippen molar-refractivity contribution in [2.75, 3.05) is 0 Å². The minimum absolute atomic E-state index is 0.589. The Balaban J connectivity index is 2.19. The van der Waals surface area contributed by atoms with Crippen LogP contribution in [0.3, 0.4) is 0 Å². The third kappa shape index (κ3) is 2.66. The van der Waals surface area contributed by atoms with Crippen LogP contribution in [0.5, 0.6) is 5.75 Å². The topological polar surface area (TPSA) is 33.0 Å². The second-order valence-corrected chi connectivity index (χ2v) is 4.95. The first-order valence-electron chi connectivity index (χ1n) is 5.37. The zero-order valence-corrected chi connectivity index (χ0v) is 10.7. The molecule has 0 unspecified atom stereocenters. The zero-order valence-electron chi connectivity index (χ0n) is 9.86. The minimum atomic E-state index is 0.589. The Morgan fingerprint density at radius 2 is 2.00 bits per heavy atom. The van der Waals surface area contributed by atoms with Gasteiger partial charge in [0.05, 0.1) is 11.6 Å². The predicted molar refractivity (Wildman–Crippen MR) is 69.3 cm³/mol. The first-order valence-corrected chi connectivity index (χ1v) is 6.25. The van der Waals surface area contributed by atoms with Gasteiger partial charge in [-0.3, -0.25) is 0 Å². The van der Waals surface area contributed by atoms with E-state index in [9.17, 15) is 0 Å². The molecule has 0 spiro atoms. The van der Waals surface area contributed by atoms with E-state index in [1.165, 1.54) is 4.88 Å². The van der Waals surface area contributed by atoms with Crippen LogP contribution in [-0.4, -0.2) is 0 Å². The lowest BCUT2D eigenvalue weighted by molar-refractivity contribution is 0.305. The van der Waals surface area contributed by atoms with Gasteiger partial charge in [0, 0.05) is 4.88 Å². The maximum absolute atomic E-state index is 8.87. The molecule has 0 saturated carbocycles. The van der Waals surface area contributed by atoms with E-state index in [0.717, 1.165) is 16.9 Å². The number of aryl methyl sites for hydroxylation is 2. The summed E-state index contributed by atoms with van der Waals surface area (Å²) in [6.07, 6.45) is 0. The van der Waals surface area contributed by atoms with Gasteiger partial charge in [-0.25, -0.2) is 0 Å². The molecule has 0 aliphatic heterocycles. The SMILES string of the molecule is Cc1cc(C#N)cc(C)c1OCc1cccs1. The van der Waals surface area contributed by atoms with Crippen molar-refractivity contribution >= 4 is 11.3 Å². The Hall–Kier alpha value is -1.79. The molecule has 1 heterocycles. The molecule has 86 valence electrons. The number of rotatable bonds is 3. The summed E-state index contributed by atoms with van der Waals surface area (Å²) in [5, 5.41) is 10.9. The van der Waals surface area contributed by atoms with E-state index >= 15 is 0 Å². The van der Waals surface area contributed by atoms with Gasteiger partial charge in [0.25, 0.3) is 0 Å². The van der Waals surface area contributed by atoms with Crippen LogP contribution < -0.4 is 4.74 Å². The Morgan fingerprint density at radius 3 is 2.53 bits per heavy atom. The number of hydrogen-bond acceptors (Lipinski definition) is 3. The molecule has 17 heavy (non-hydrogen) atoms. The Kier molecular flexibility index (Phi) is 3.46.